The summed E-state index contributed by atoms with van der Waals surface area (Å²) >= 11 is 5.97. The van der Waals surface area contributed by atoms with Crippen molar-refractivity contribution in [3.63, 3.8) is 0 Å². The van der Waals surface area contributed by atoms with Gasteiger partial charge in [0.25, 0.3) is 0 Å². The molecule has 1 saturated heterocycles. The van der Waals surface area contributed by atoms with Gasteiger partial charge < -0.3 is 4.90 Å². The topological polar surface area (TPSA) is 32.3 Å². The maximum atomic E-state index is 12.8. The van der Waals surface area contributed by atoms with Crippen LogP contribution in [0.25, 0.3) is 0 Å². The zero-order valence-electron chi connectivity index (χ0n) is 13.3. The summed E-state index contributed by atoms with van der Waals surface area (Å²) in [4.78, 5) is 14.8. The molecule has 1 heterocycles. The number of hydrogen-bond acceptors (Lipinski definition) is 2. The van der Waals surface area contributed by atoms with Gasteiger partial charge in [-0.2, -0.15) is 0 Å². The van der Waals surface area contributed by atoms with E-state index in [-0.39, 0.29) is 12.1 Å². The van der Waals surface area contributed by atoms with E-state index in [9.17, 15) is 4.79 Å². The maximum Gasteiger partial charge on any atom is 0.244 e. The quantitative estimate of drug-likeness (QED) is 0.892. The van der Waals surface area contributed by atoms with Crippen LogP contribution in [0.3, 0.4) is 0 Å². The molecule has 21 heavy (non-hydrogen) atoms. The van der Waals surface area contributed by atoms with Crippen LogP contribution in [0.15, 0.2) is 24.3 Å². The highest BCUT2D eigenvalue weighted by Crippen LogP contribution is 2.33. The first-order valence-corrected chi connectivity index (χ1v) is 8.13. The molecule has 3 nitrogen and oxygen atoms in total. The second-order valence-electron chi connectivity index (χ2n) is 6.26. The van der Waals surface area contributed by atoms with Crippen molar-refractivity contribution in [2.75, 3.05) is 6.54 Å². The van der Waals surface area contributed by atoms with Crippen LogP contribution < -0.4 is 5.32 Å². The van der Waals surface area contributed by atoms with Gasteiger partial charge in [-0.1, -0.05) is 50.9 Å². The van der Waals surface area contributed by atoms with E-state index < -0.39 is 5.54 Å². The first-order chi connectivity index (χ1) is 9.91. The van der Waals surface area contributed by atoms with Gasteiger partial charge in [0, 0.05) is 11.6 Å². The molecule has 1 aromatic carbocycles. The number of amides is 1. The summed E-state index contributed by atoms with van der Waals surface area (Å²) in [6.07, 6.45) is 1.79. The molecule has 2 rings (SSSR count). The number of benzene rings is 1. The van der Waals surface area contributed by atoms with Crippen LogP contribution in [0.4, 0.5) is 0 Å². The Bertz CT molecular complexity index is 502. The Balaban J connectivity index is 2.31. The Morgan fingerprint density at radius 1 is 1.33 bits per heavy atom. The van der Waals surface area contributed by atoms with Gasteiger partial charge in [0.1, 0.15) is 6.17 Å². The molecule has 1 fully saturated rings. The minimum atomic E-state index is -0.474. The Hall–Kier alpha value is -1.06. The maximum absolute atomic E-state index is 12.8. The molecule has 1 aromatic rings. The van der Waals surface area contributed by atoms with Crippen LogP contribution >= 0.6 is 11.6 Å². The summed E-state index contributed by atoms with van der Waals surface area (Å²) in [5, 5.41) is 4.23. The molecule has 116 valence electrons. The molecule has 1 amide bonds. The van der Waals surface area contributed by atoms with Gasteiger partial charge in [0.2, 0.25) is 5.91 Å². The fraction of sp³-hybridized carbons (Fsp3) is 0.588. The number of carbonyl (C=O) groups excluding carboxylic acids is 1. The predicted molar refractivity (Wildman–Crippen MR) is 87.2 cm³/mol. The van der Waals surface area contributed by atoms with Gasteiger partial charge in [0.15, 0.2) is 0 Å². The normalized spacial score (nSPS) is 27.2. The summed E-state index contributed by atoms with van der Waals surface area (Å²) in [6, 6.07) is 7.76. The van der Waals surface area contributed by atoms with Crippen molar-refractivity contribution in [1.82, 2.24) is 10.2 Å². The van der Waals surface area contributed by atoms with Crippen LogP contribution in [-0.4, -0.2) is 22.9 Å². The number of nitrogens with one attached hydrogen (secondary N) is 1. The van der Waals surface area contributed by atoms with Crippen molar-refractivity contribution in [3.05, 3.63) is 34.9 Å². The minimum absolute atomic E-state index is 0.0614. The molecule has 0 aromatic heterocycles. The third-order valence-electron chi connectivity index (χ3n) is 4.60. The summed E-state index contributed by atoms with van der Waals surface area (Å²) in [5.41, 5.74) is 0.617. The van der Waals surface area contributed by atoms with E-state index in [0.29, 0.717) is 5.92 Å². The van der Waals surface area contributed by atoms with E-state index in [0.717, 1.165) is 30.0 Å². The fourth-order valence-corrected chi connectivity index (χ4v) is 2.82. The van der Waals surface area contributed by atoms with Crippen LogP contribution in [0.5, 0.6) is 0 Å². The molecular weight excluding hydrogens is 284 g/mol. The Labute approximate surface area is 132 Å². The Morgan fingerprint density at radius 3 is 2.48 bits per heavy atom. The number of rotatable bonds is 5. The van der Waals surface area contributed by atoms with Gasteiger partial charge >= 0.3 is 0 Å². The average molecular weight is 309 g/mol. The Kier molecular flexibility index (Phi) is 4.95. The number of carbonyl (C=O) groups is 1. The van der Waals surface area contributed by atoms with Gasteiger partial charge in [-0.05, 0) is 37.0 Å². The molecule has 3 unspecified atom stereocenters. The van der Waals surface area contributed by atoms with Crippen molar-refractivity contribution in [3.8, 4) is 0 Å². The first-order valence-electron chi connectivity index (χ1n) is 7.75. The number of nitrogens with zero attached hydrogens (tertiary/aromatic N) is 1. The lowest BCUT2D eigenvalue weighted by Crippen LogP contribution is -2.43. The molecule has 0 radical (unpaired) electrons. The first kappa shape index (κ1) is 16.3. The van der Waals surface area contributed by atoms with Crippen molar-refractivity contribution in [2.45, 2.75) is 52.2 Å². The van der Waals surface area contributed by atoms with Gasteiger partial charge in [-0.15, -0.1) is 0 Å². The van der Waals surface area contributed by atoms with Crippen molar-refractivity contribution >= 4 is 17.5 Å². The van der Waals surface area contributed by atoms with E-state index in [1.54, 1.807) is 0 Å². The molecule has 1 aliphatic heterocycles. The molecule has 0 spiro atoms. The van der Waals surface area contributed by atoms with E-state index in [1.165, 1.54) is 0 Å². The van der Waals surface area contributed by atoms with E-state index in [2.05, 4.69) is 26.1 Å². The van der Waals surface area contributed by atoms with E-state index in [4.69, 9.17) is 11.6 Å². The summed E-state index contributed by atoms with van der Waals surface area (Å²) in [6.45, 7) is 9.18. The molecule has 0 saturated carbocycles. The molecule has 0 aliphatic carbocycles. The van der Waals surface area contributed by atoms with Crippen LogP contribution in [-0.2, 0) is 4.79 Å². The van der Waals surface area contributed by atoms with Crippen LogP contribution in [0, 0.1) is 5.92 Å². The summed E-state index contributed by atoms with van der Waals surface area (Å²) in [5.74, 6) is 0.690. The molecule has 3 atom stereocenters. The zero-order chi connectivity index (χ0) is 15.6. The highest BCUT2D eigenvalue weighted by Gasteiger charge is 2.47. The molecular formula is C17H25ClN2O. The third-order valence-corrected chi connectivity index (χ3v) is 4.85. The smallest absolute Gasteiger partial charge is 0.244 e. The van der Waals surface area contributed by atoms with Crippen molar-refractivity contribution in [1.29, 1.82) is 0 Å². The second kappa shape index (κ2) is 6.37. The molecule has 0 bridgehead atoms. The Morgan fingerprint density at radius 2 is 1.95 bits per heavy atom. The number of hydrogen-bond donors (Lipinski definition) is 1. The lowest BCUT2D eigenvalue weighted by Gasteiger charge is -2.27. The standard InChI is InChI=1S/C17H25ClN2O/c1-5-12(3)11-20-15(13-7-9-14(18)10-8-13)19-17(4,6-2)16(20)21/h7-10,12,15,19H,5-6,11H2,1-4H3. The van der Waals surface area contributed by atoms with Gasteiger partial charge in [-0.25, -0.2) is 0 Å². The van der Waals surface area contributed by atoms with Gasteiger partial charge in [-0.3, -0.25) is 10.1 Å². The minimum Gasteiger partial charge on any atom is -0.321 e. The summed E-state index contributed by atoms with van der Waals surface area (Å²) in [7, 11) is 0. The van der Waals surface area contributed by atoms with Crippen LogP contribution in [0.2, 0.25) is 5.02 Å². The molecule has 1 aliphatic rings. The van der Waals surface area contributed by atoms with Crippen molar-refractivity contribution in [2.24, 2.45) is 5.92 Å². The second-order valence-corrected chi connectivity index (χ2v) is 6.69. The monoisotopic (exact) mass is 308 g/mol. The predicted octanol–water partition coefficient (Wildman–Crippen LogP) is 3.99. The van der Waals surface area contributed by atoms with Crippen LogP contribution in [0.1, 0.15) is 52.3 Å². The van der Waals surface area contributed by atoms with Crippen molar-refractivity contribution < 1.29 is 4.79 Å². The third kappa shape index (κ3) is 3.24. The number of halogens is 1. The zero-order valence-corrected chi connectivity index (χ0v) is 14.1. The SMILES string of the molecule is CCC(C)CN1C(=O)C(C)(CC)NC1c1ccc(Cl)cc1. The highest BCUT2D eigenvalue weighted by molar-refractivity contribution is 6.30. The largest absolute Gasteiger partial charge is 0.321 e. The highest BCUT2D eigenvalue weighted by atomic mass is 35.5. The van der Waals surface area contributed by atoms with E-state index in [1.807, 2.05) is 36.1 Å². The molecule has 1 N–H and O–H groups in total. The van der Waals surface area contributed by atoms with E-state index >= 15 is 0 Å². The lowest BCUT2D eigenvalue weighted by molar-refractivity contribution is -0.133. The van der Waals surface area contributed by atoms with Gasteiger partial charge in [0.05, 0.1) is 5.54 Å². The fourth-order valence-electron chi connectivity index (χ4n) is 2.69. The average Bonchev–Trinajstić information content (AvgIpc) is 2.73. The summed E-state index contributed by atoms with van der Waals surface area (Å²) < 4.78 is 0. The molecule has 4 heteroatoms. The lowest BCUT2D eigenvalue weighted by atomic mass is 9.99.